The molecule has 2 aromatic carbocycles. The van der Waals surface area contributed by atoms with Gasteiger partial charge in [0.2, 0.25) is 5.91 Å². The molecule has 7 nitrogen and oxygen atoms in total. The second kappa shape index (κ2) is 10.0. The molecule has 0 fully saturated rings. The van der Waals surface area contributed by atoms with Crippen LogP contribution in [-0.4, -0.2) is 35.0 Å². The number of rotatable bonds is 8. The molecule has 1 unspecified atom stereocenters. The first-order chi connectivity index (χ1) is 14.9. The quantitative estimate of drug-likeness (QED) is 0.540. The molecule has 3 aromatic rings. The van der Waals surface area contributed by atoms with Crippen molar-refractivity contribution < 1.29 is 14.3 Å². The zero-order chi connectivity index (χ0) is 22.4. The fourth-order valence-corrected chi connectivity index (χ4v) is 3.30. The molecule has 0 bridgehead atoms. The zero-order valence-electron chi connectivity index (χ0n) is 18.3. The van der Waals surface area contributed by atoms with Crippen LogP contribution in [0.4, 0.5) is 5.82 Å². The molecule has 0 aliphatic carbocycles. The van der Waals surface area contributed by atoms with Crippen LogP contribution in [0.5, 0.6) is 0 Å². The number of carbonyl (C=O) groups is 2. The number of fused-ring (bicyclic) bond motifs is 1. The number of hydrogen-bond acceptors (Lipinski definition) is 6. The number of benzene rings is 2. The van der Waals surface area contributed by atoms with E-state index in [0.29, 0.717) is 11.6 Å². The Morgan fingerprint density at radius 1 is 0.968 bits per heavy atom. The highest BCUT2D eigenvalue weighted by Gasteiger charge is 2.24. The molecule has 0 saturated carbocycles. The summed E-state index contributed by atoms with van der Waals surface area (Å²) in [7, 11) is 1.37. The van der Waals surface area contributed by atoms with Gasteiger partial charge in [0.05, 0.1) is 25.1 Å². The van der Waals surface area contributed by atoms with E-state index in [-0.39, 0.29) is 30.3 Å². The predicted molar refractivity (Wildman–Crippen MR) is 121 cm³/mol. The first-order valence-electron chi connectivity index (χ1n) is 10.3. The summed E-state index contributed by atoms with van der Waals surface area (Å²) in [5, 5.41) is 6.92. The van der Waals surface area contributed by atoms with Crippen LogP contribution in [0, 0.1) is 5.92 Å². The fraction of sp³-hybridized carbons (Fsp3) is 0.333. The number of nitrogens with zero attached hydrogens (tertiary/aromatic N) is 2. The van der Waals surface area contributed by atoms with Gasteiger partial charge < -0.3 is 15.4 Å². The van der Waals surface area contributed by atoms with Crippen LogP contribution in [0.25, 0.3) is 10.9 Å². The number of anilines is 1. The van der Waals surface area contributed by atoms with Gasteiger partial charge in [0.15, 0.2) is 5.82 Å². The molecule has 7 heteroatoms. The van der Waals surface area contributed by atoms with Crippen molar-refractivity contribution in [3.63, 3.8) is 0 Å². The van der Waals surface area contributed by atoms with Crippen LogP contribution in [0.1, 0.15) is 38.1 Å². The van der Waals surface area contributed by atoms with E-state index in [0.717, 1.165) is 16.5 Å². The molecular weight excluding hydrogens is 392 g/mol. The predicted octanol–water partition coefficient (Wildman–Crippen LogP) is 3.66. The van der Waals surface area contributed by atoms with Gasteiger partial charge in [-0.15, -0.1) is 0 Å². The van der Waals surface area contributed by atoms with Crippen molar-refractivity contribution in [2.75, 3.05) is 12.4 Å². The van der Waals surface area contributed by atoms with Crippen LogP contribution in [0.15, 0.2) is 54.6 Å². The third kappa shape index (κ3) is 5.36. The first kappa shape index (κ1) is 22.2. The van der Waals surface area contributed by atoms with Crippen LogP contribution in [0.3, 0.4) is 0 Å². The third-order valence-electron chi connectivity index (χ3n) is 5.18. The summed E-state index contributed by atoms with van der Waals surface area (Å²) >= 11 is 0. The van der Waals surface area contributed by atoms with Crippen LogP contribution < -0.4 is 10.6 Å². The summed E-state index contributed by atoms with van der Waals surface area (Å²) in [5.74, 6) is 0.244. The summed E-state index contributed by atoms with van der Waals surface area (Å²) < 4.78 is 4.93. The molecule has 2 N–H and O–H groups in total. The smallest absolute Gasteiger partial charge is 0.328 e. The molecule has 31 heavy (non-hydrogen) atoms. The number of hydrogen-bond donors (Lipinski definition) is 2. The first-order valence-corrected chi connectivity index (χ1v) is 10.3. The number of para-hydroxylation sites is 1. The van der Waals surface area contributed by atoms with Gasteiger partial charge >= 0.3 is 5.97 Å². The van der Waals surface area contributed by atoms with E-state index in [4.69, 9.17) is 4.74 Å². The number of nitrogens with one attached hydrogen (secondary N) is 2. The van der Waals surface area contributed by atoms with Crippen molar-refractivity contribution in [2.24, 2.45) is 5.92 Å². The van der Waals surface area contributed by atoms with Gasteiger partial charge in [-0.2, -0.15) is 0 Å². The number of amides is 1. The minimum atomic E-state index is -0.552. The lowest BCUT2D eigenvalue weighted by Gasteiger charge is -2.21. The van der Waals surface area contributed by atoms with E-state index in [1.54, 1.807) is 0 Å². The van der Waals surface area contributed by atoms with Gasteiger partial charge in [-0.3, -0.25) is 4.79 Å². The summed E-state index contributed by atoms with van der Waals surface area (Å²) in [6.07, 6.45) is 0. The molecule has 0 saturated heterocycles. The average Bonchev–Trinajstić information content (AvgIpc) is 2.80. The van der Waals surface area contributed by atoms with Crippen molar-refractivity contribution in [2.45, 2.75) is 39.3 Å². The Bertz CT molecular complexity index is 1050. The second-order valence-corrected chi connectivity index (χ2v) is 7.74. The normalized spacial score (nSPS) is 12.9. The molecule has 1 amide bonds. The van der Waals surface area contributed by atoms with Crippen LogP contribution in [-0.2, 0) is 20.9 Å². The van der Waals surface area contributed by atoms with E-state index in [9.17, 15) is 9.59 Å². The summed E-state index contributed by atoms with van der Waals surface area (Å²) in [6, 6.07) is 16.6. The van der Waals surface area contributed by atoms with Gasteiger partial charge in [0, 0.05) is 5.39 Å². The molecule has 0 spiro atoms. The summed E-state index contributed by atoms with van der Waals surface area (Å²) in [6.45, 7) is 5.91. The van der Waals surface area contributed by atoms with Crippen molar-refractivity contribution in [3.8, 4) is 0 Å². The standard InChI is InChI=1S/C24H28N4O3/c1-15(2)21(24(30)31-4)28-22-18-12-8-9-13-19(18)26-20(27-22)14-25-23(29)16(3)17-10-6-5-7-11-17/h5-13,15-16,21H,14H2,1-4H3,(H,25,29)(H,26,27,28)/t16?,21-/m0/s1. The van der Waals surface area contributed by atoms with E-state index in [1.165, 1.54) is 7.11 Å². The number of ether oxygens (including phenoxy) is 1. The van der Waals surface area contributed by atoms with Crippen molar-refractivity contribution in [1.29, 1.82) is 0 Å². The number of aromatic nitrogens is 2. The van der Waals surface area contributed by atoms with Crippen LogP contribution >= 0.6 is 0 Å². The highest BCUT2D eigenvalue weighted by molar-refractivity contribution is 5.91. The maximum atomic E-state index is 12.6. The van der Waals surface area contributed by atoms with Crippen molar-refractivity contribution in [3.05, 3.63) is 66.0 Å². The monoisotopic (exact) mass is 420 g/mol. The van der Waals surface area contributed by atoms with Crippen molar-refractivity contribution in [1.82, 2.24) is 15.3 Å². The van der Waals surface area contributed by atoms with Gasteiger partial charge in [0.1, 0.15) is 11.9 Å². The largest absolute Gasteiger partial charge is 0.467 e. The topological polar surface area (TPSA) is 93.2 Å². The number of carbonyl (C=O) groups excluding carboxylic acids is 2. The molecular formula is C24H28N4O3. The molecule has 0 aliphatic rings. The van der Waals surface area contributed by atoms with Gasteiger partial charge in [-0.05, 0) is 30.5 Å². The molecule has 162 valence electrons. The Morgan fingerprint density at radius 3 is 2.32 bits per heavy atom. The van der Waals surface area contributed by atoms with Crippen molar-refractivity contribution >= 4 is 28.6 Å². The number of methoxy groups -OCH3 is 1. The average molecular weight is 421 g/mol. The van der Waals surface area contributed by atoms with E-state index in [1.807, 2.05) is 75.4 Å². The molecule has 1 heterocycles. The molecule has 0 aliphatic heterocycles. The Labute approximate surface area is 182 Å². The highest BCUT2D eigenvalue weighted by atomic mass is 16.5. The second-order valence-electron chi connectivity index (χ2n) is 7.74. The lowest BCUT2D eigenvalue weighted by molar-refractivity contribution is -0.142. The number of esters is 1. The fourth-order valence-electron chi connectivity index (χ4n) is 3.30. The van der Waals surface area contributed by atoms with Gasteiger partial charge in [-0.25, -0.2) is 14.8 Å². The zero-order valence-corrected chi connectivity index (χ0v) is 18.3. The molecule has 2 atom stereocenters. The minimum Gasteiger partial charge on any atom is -0.467 e. The minimum absolute atomic E-state index is 0.00366. The van der Waals surface area contributed by atoms with E-state index < -0.39 is 6.04 Å². The van der Waals surface area contributed by atoms with Gasteiger partial charge in [0.25, 0.3) is 0 Å². The third-order valence-corrected chi connectivity index (χ3v) is 5.18. The molecule has 0 radical (unpaired) electrons. The lowest BCUT2D eigenvalue weighted by atomic mass is 10.0. The highest BCUT2D eigenvalue weighted by Crippen LogP contribution is 2.23. The Balaban J connectivity index is 1.83. The lowest BCUT2D eigenvalue weighted by Crippen LogP contribution is -2.36. The SMILES string of the molecule is COC(=O)[C@@H](Nc1nc(CNC(=O)C(C)c2ccccc2)nc2ccccc12)C(C)C. The summed E-state index contributed by atoms with van der Waals surface area (Å²) in [5.41, 5.74) is 1.67. The van der Waals surface area contributed by atoms with Crippen LogP contribution in [0.2, 0.25) is 0 Å². The Kier molecular flexibility index (Phi) is 7.18. The Morgan fingerprint density at radius 2 is 1.65 bits per heavy atom. The maximum Gasteiger partial charge on any atom is 0.328 e. The summed E-state index contributed by atoms with van der Waals surface area (Å²) in [4.78, 5) is 34.0. The maximum absolute atomic E-state index is 12.6. The molecule has 3 rings (SSSR count). The molecule has 1 aromatic heterocycles. The van der Waals surface area contributed by atoms with Gasteiger partial charge in [-0.1, -0.05) is 56.3 Å². The van der Waals surface area contributed by atoms with E-state index >= 15 is 0 Å². The van der Waals surface area contributed by atoms with E-state index in [2.05, 4.69) is 20.6 Å². The Hall–Kier alpha value is -3.48.